The summed E-state index contributed by atoms with van der Waals surface area (Å²) >= 11 is 1.69. The molecule has 2 rings (SSSR count). The molecule has 0 saturated carbocycles. The van der Waals surface area contributed by atoms with E-state index in [4.69, 9.17) is 0 Å². The van der Waals surface area contributed by atoms with Crippen molar-refractivity contribution in [3.8, 4) is 0 Å². The number of hydrogen-bond acceptors (Lipinski definition) is 6. The molecule has 0 radical (unpaired) electrons. The third kappa shape index (κ3) is 3.88. The normalized spacial score (nSPS) is 12.6. The Hall–Kier alpha value is -1.82. The summed E-state index contributed by atoms with van der Waals surface area (Å²) in [5.74, 6) is 0.523. The summed E-state index contributed by atoms with van der Waals surface area (Å²) in [6.07, 6.45) is 0. The molecule has 0 spiro atoms. The van der Waals surface area contributed by atoms with Gasteiger partial charge in [-0.05, 0) is 33.8 Å². The van der Waals surface area contributed by atoms with Crippen molar-refractivity contribution in [1.29, 1.82) is 0 Å². The van der Waals surface area contributed by atoms with E-state index in [0.717, 1.165) is 32.7 Å². The van der Waals surface area contributed by atoms with Gasteiger partial charge in [0.1, 0.15) is 0 Å². The van der Waals surface area contributed by atoms with Crippen LogP contribution in [-0.4, -0.2) is 20.7 Å². The molecule has 6 heteroatoms. The Morgan fingerprint density at radius 3 is 2.18 bits per heavy atom. The predicted molar refractivity (Wildman–Crippen MR) is 92.9 cm³/mol. The first-order chi connectivity index (χ1) is 10.2. The van der Waals surface area contributed by atoms with Crippen LogP contribution in [0.4, 0.5) is 5.95 Å². The van der Waals surface area contributed by atoms with E-state index in [0.29, 0.717) is 5.95 Å². The van der Waals surface area contributed by atoms with Gasteiger partial charge in [0.15, 0.2) is 0 Å². The van der Waals surface area contributed by atoms with E-state index in [2.05, 4.69) is 46.3 Å². The minimum Gasteiger partial charge on any atom is -0.245 e. The standard InChI is InChI=1S/C16H23N5S/c1-9-8-10(2)18-15(17-9)21-20-12(4)13-11(3)19-14(22-13)16(5,6)7/h8H,1-7H3,(H,17,18,21)/b20-12+. The zero-order chi connectivity index (χ0) is 16.5. The van der Waals surface area contributed by atoms with Crippen molar-refractivity contribution in [2.24, 2.45) is 5.10 Å². The van der Waals surface area contributed by atoms with Crippen LogP contribution in [0.2, 0.25) is 0 Å². The zero-order valence-electron chi connectivity index (χ0n) is 14.3. The first-order valence-electron chi connectivity index (χ1n) is 7.27. The van der Waals surface area contributed by atoms with E-state index in [1.165, 1.54) is 0 Å². The van der Waals surface area contributed by atoms with Crippen LogP contribution in [0.15, 0.2) is 11.2 Å². The van der Waals surface area contributed by atoms with Gasteiger partial charge in [0.05, 0.1) is 21.3 Å². The molecule has 0 unspecified atom stereocenters. The van der Waals surface area contributed by atoms with Crippen molar-refractivity contribution in [1.82, 2.24) is 15.0 Å². The van der Waals surface area contributed by atoms with Gasteiger partial charge in [0, 0.05) is 16.8 Å². The second-order valence-electron chi connectivity index (χ2n) is 6.47. The molecule has 2 heterocycles. The van der Waals surface area contributed by atoms with E-state index in [9.17, 15) is 0 Å². The zero-order valence-corrected chi connectivity index (χ0v) is 15.1. The van der Waals surface area contributed by atoms with Crippen molar-refractivity contribution in [3.05, 3.63) is 33.0 Å². The van der Waals surface area contributed by atoms with E-state index < -0.39 is 0 Å². The summed E-state index contributed by atoms with van der Waals surface area (Å²) in [5, 5.41) is 5.54. The number of rotatable bonds is 3. The molecule has 0 aliphatic carbocycles. The van der Waals surface area contributed by atoms with Crippen molar-refractivity contribution in [3.63, 3.8) is 0 Å². The summed E-state index contributed by atoms with van der Waals surface area (Å²) < 4.78 is 0. The number of hydrazone groups is 1. The Labute approximate surface area is 135 Å². The van der Waals surface area contributed by atoms with Crippen LogP contribution in [0.3, 0.4) is 0 Å². The lowest BCUT2D eigenvalue weighted by molar-refractivity contribution is 0.584. The first-order valence-corrected chi connectivity index (χ1v) is 8.09. The van der Waals surface area contributed by atoms with Gasteiger partial charge in [0.25, 0.3) is 0 Å². The van der Waals surface area contributed by atoms with Gasteiger partial charge in [-0.1, -0.05) is 20.8 Å². The van der Waals surface area contributed by atoms with Gasteiger partial charge >= 0.3 is 0 Å². The molecule has 0 saturated heterocycles. The molecule has 0 atom stereocenters. The highest BCUT2D eigenvalue weighted by molar-refractivity contribution is 7.14. The fourth-order valence-corrected chi connectivity index (χ4v) is 3.08. The number of hydrogen-bond donors (Lipinski definition) is 1. The maximum Gasteiger partial charge on any atom is 0.243 e. The molecule has 0 amide bonds. The smallest absolute Gasteiger partial charge is 0.243 e. The summed E-state index contributed by atoms with van der Waals surface area (Å²) in [6.45, 7) is 14.4. The number of thiazole rings is 1. The second kappa shape index (κ2) is 6.12. The number of nitrogens with one attached hydrogen (secondary N) is 1. The molecule has 118 valence electrons. The SMILES string of the molecule is C/C(=N\Nc1nc(C)cc(C)n1)c1sc(C(C)(C)C)nc1C. The highest BCUT2D eigenvalue weighted by Gasteiger charge is 2.21. The lowest BCUT2D eigenvalue weighted by atomic mass is 9.98. The Bertz CT molecular complexity index is 690. The third-order valence-electron chi connectivity index (χ3n) is 3.07. The van der Waals surface area contributed by atoms with Crippen LogP contribution >= 0.6 is 11.3 Å². The van der Waals surface area contributed by atoms with Gasteiger partial charge in [-0.15, -0.1) is 11.3 Å². The highest BCUT2D eigenvalue weighted by Crippen LogP contribution is 2.29. The van der Waals surface area contributed by atoms with Crippen LogP contribution in [-0.2, 0) is 5.41 Å². The lowest BCUT2D eigenvalue weighted by Crippen LogP contribution is -2.10. The van der Waals surface area contributed by atoms with Gasteiger partial charge in [-0.2, -0.15) is 5.10 Å². The fraction of sp³-hybridized carbons (Fsp3) is 0.500. The Morgan fingerprint density at radius 1 is 1.09 bits per heavy atom. The molecule has 0 bridgehead atoms. The monoisotopic (exact) mass is 317 g/mol. The number of aromatic nitrogens is 3. The number of aryl methyl sites for hydroxylation is 3. The average molecular weight is 317 g/mol. The maximum absolute atomic E-state index is 4.66. The molecule has 2 aromatic heterocycles. The quantitative estimate of drug-likeness (QED) is 0.686. The molecule has 0 aliphatic rings. The maximum atomic E-state index is 4.66. The van der Waals surface area contributed by atoms with Crippen molar-refractivity contribution in [2.45, 2.75) is 53.9 Å². The minimum absolute atomic E-state index is 0.0537. The van der Waals surface area contributed by atoms with Crippen LogP contribution < -0.4 is 5.43 Å². The third-order valence-corrected chi connectivity index (χ3v) is 4.76. The molecule has 2 aromatic rings. The van der Waals surface area contributed by atoms with Crippen molar-refractivity contribution < 1.29 is 0 Å². The van der Waals surface area contributed by atoms with Gasteiger partial charge in [-0.3, -0.25) is 0 Å². The molecule has 0 aromatic carbocycles. The topological polar surface area (TPSA) is 63.1 Å². The van der Waals surface area contributed by atoms with E-state index in [1.54, 1.807) is 11.3 Å². The Balaban J connectivity index is 2.24. The van der Waals surface area contributed by atoms with Crippen LogP contribution in [0.25, 0.3) is 0 Å². The van der Waals surface area contributed by atoms with Gasteiger partial charge in [-0.25, -0.2) is 20.4 Å². The van der Waals surface area contributed by atoms with Crippen LogP contribution in [0, 0.1) is 20.8 Å². The largest absolute Gasteiger partial charge is 0.245 e. The molecule has 0 aliphatic heterocycles. The summed E-state index contributed by atoms with van der Waals surface area (Å²) in [5.41, 5.74) is 6.75. The Morgan fingerprint density at radius 2 is 1.68 bits per heavy atom. The second-order valence-corrected chi connectivity index (χ2v) is 7.47. The highest BCUT2D eigenvalue weighted by atomic mass is 32.1. The summed E-state index contributed by atoms with van der Waals surface area (Å²) in [4.78, 5) is 14.4. The molecule has 0 fully saturated rings. The number of anilines is 1. The van der Waals surface area contributed by atoms with E-state index >= 15 is 0 Å². The molecule has 5 nitrogen and oxygen atoms in total. The lowest BCUT2D eigenvalue weighted by Gasteiger charge is -2.13. The van der Waals surface area contributed by atoms with E-state index in [-0.39, 0.29) is 5.41 Å². The van der Waals surface area contributed by atoms with E-state index in [1.807, 2.05) is 33.8 Å². The predicted octanol–water partition coefficient (Wildman–Crippen LogP) is 3.99. The first kappa shape index (κ1) is 16.5. The summed E-state index contributed by atoms with van der Waals surface area (Å²) in [6, 6.07) is 1.94. The minimum atomic E-state index is 0.0537. The fourth-order valence-electron chi connectivity index (χ4n) is 2.01. The van der Waals surface area contributed by atoms with Crippen LogP contribution in [0.1, 0.15) is 54.7 Å². The average Bonchev–Trinajstić information content (AvgIpc) is 2.77. The van der Waals surface area contributed by atoms with Gasteiger partial charge in [0.2, 0.25) is 5.95 Å². The van der Waals surface area contributed by atoms with Crippen LogP contribution in [0.5, 0.6) is 0 Å². The molecule has 22 heavy (non-hydrogen) atoms. The molecular formula is C16H23N5S. The van der Waals surface area contributed by atoms with Crippen molar-refractivity contribution in [2.75, 3.05) is 5.43 Å². The van der Waals surface area contributed by atoms with Gasteiger partial charge < -0.3 is 0 Å². The Kier molecular flexibility index (Phi) is 4.60. The molecular weight excluding hydrogens is 294 g/mol. The van der Waals surface area contributed by atoms with Crippen molar-refractivity contribution >= 4 is 23.0 Å². The number of nitrogens with zero attached hydrogens (tertiary/aromatic N) is 4. The summed E-state index contributed by atoms with van der Waals surface area (Å²) in [7, 11) is 0. The molecule has 1 N–H and O–H groups in total.